The van der Waals surface area contributed by atoms with Crippen LogP contribution in [0.2, 0.25) is 0 Å². The van der Waals surface area contributed by atoms with E-state index in [9.17, 15) is 4.79 Å². The number of piperazine rings is 1. The number of rotatable bonds is 5. The quantitative estimate of drug-likeness (QED) is 0.808. The van der Waals surface area contributed by atoms with Crippen LogP contribution in [0.25, 0.3) is 0 Å². The summed E-state index contributed by atoms with van der Waals surface area (Å²) >= 11 is 1.44. The number of carbonyl (C=O) groups excluding carboxylic acids is 1. The van der Waals surface area contributed by atoms with Crippen molar-refractivity contribution in [2.75, 3.05) is 45.1 Å². The molecule has 2 fully saturated rings. The van der Waals surface area contributed by atoms with Gasteiger partial charge in [0.1, 0.15) is 0 Å². The Balaban J connectivity index is 1.45. The molecule has 2 aliphatic rings. The first-order chi connectivity index (χ1) is 12.8. The molecular formula is C21H25N3OS. The van der Waals surface area contributed by atoms with E-state index in [0.29, 0.717) is 6.04 Å². The van der Waals surface area contributed by atoms with Crippen LogP contribution in [0.4, 0.5) is 4.79 Å². The Labute approximate surface area is 159 Å². The van der Waals surface area contributed by atoms with Crippen LogP contribution in [-0.4, -0.2) is 65.1 Å². The van der Waals surface area contributed by atoms with E-state index in [1.807, 2.05) is 4.90 Å². The molecule has 4 rings (SSSR count). The Kier molecular flexibility index (Phi) is 5.58. The van der Waals surface area contributed by atoms with E-state index in [-0.39, 0.29) is 5.24 Å². The molecule has 2 saturated heterocycles. The van der Waals surface area contributed by atoms with Crippen molar-refractivity contribution in [2.24, 2.45) is 0 Å². The minimum absolute atomic E-state index is 0.235. The zero-order valence-electron chi connectivity index (χ0n) is 15.0. The summed E-state index contributed by atoms with van der Waals surface area (Å²) in [5.74, 6) is 0.933. The monoisotopic (exact) mass is 367 g/mol. The van der Waals surface area contributed by atoms with Gasteiger partial charge in [-0.3, -0.25) is 14.6 Å². The first-order valence-electron chi connectivity index (χ1n) is 9.29. The molecule has 1 amide bonds. The van der Waals surface area contributed by atoms with Crippen molar-refractivity contribution >= 4 is 17.0 Å². The van der Waals surface area contributed by atoms with E-state index in [1.54, 1.807) is 0 Å². The summed E-state index contributed by atoms with van der Waals surface area (Å²) in [4.78, 5) is 18.8. The molecule has 5 heteroatoms. The minimum atomic E-state index is 0.235. The average molecular weight is 368 g/mol. The molecule has 4 nitrogen and oxygen atoms in total. The molecule has 0 N–H and O–H groups in total. The summed E-state index contributed by atoms with van der Waals surface area (Å²) in [6.45, 7) is 5.71. The molecule has 0 saturated carbocycles. The summed E-state index contributed by atoms with van der Waals surface area (Å²) in [6.07, 6.45) is 0. The lowest BCUT2D eigenvalue weighted by Crippen LogP contribution is -2.51. The summed E-state index contributed by atoms with van der Waals surface area (Å²) < 4.78 is 0. The number of benzene rings is 2. The average Bonchev–Trinajstić information content (AvgIpc) is 3.10. The fourth-order valence-corrected chi connectivity index (χ4v) is 4.66. The number of hydrogen-bond acceptors (Lipinski definition) is 4. The predicted octanol–water partition coefficient (Wildman–Crippen LogP) is 3.52. The Morgan fingerprint density at radius 1 is 0.808 bits per heavy atom. The van der Waals surface area contributed by atoms with E-state index in [2.05, 4.69) is 70.5 Å². The largest absolute Gasteiger partial charge is 0.320 e. The summed E-state index contributed by atoms with van der Waals surface area (Å²) in [5, 5.41) is 0.235. The van der Waals surface area contributed by atoms with Crippen molar-refractivity contribution in [3.8, 4) is 0 Å². The van der Waals surface area contributed by atoms with E-state index in [0.717, 1.165) is 45.1 Å². The molecule has 0 aliphatic carbocycles. The van der Waals surface area contributed by atoms with Gasteiger partial charge in [-0.1, -0.05) is 72.4 Å². The van der Waals surface area contributed by atoms with Crippen LogP contribution in [0.15, 0.2) is 60.7 Å². The highest BCUT2D eigenvalue weighted by Crippen LogP contribution is 2.29. The first kappa shape index (κ1) is 17.6. The van der Waals surface area contributed by atoms with Crippen molar-refractivity contribution in [1.82, 2.24) is 14.7 Å². The van der Waals surface area contributed by atoms with Crippen LogP contribution < -0.4 is 0 Å². The van der Waals surface area contributed by atoms with Crippen molar-refractivity contribution < 1.29 is 4.79 Å². The Morgan fingerprint density at radius 3 is 1.88 bits per heavy atom. The van der Waals surface area contributed by atoms with Crippen LogP contribution >= 0.6 is 11.8 Å². The maximum Gasteiger partial charge on any atom is 0.282 e. The van der Waals surface area contributed by atoms with Gasteiger partial charge in [-0.15, -0.1) is 0 Å². The highest BCUT2D eigenvalue weighted by Gasteiger charge is 2.29. The van der Waals surface area contributed by atoms with Crippen LogP contribution in [0.1, 0.15) is 17.2 Å². The SMILES string of the molecule is O=C1SCCN1CN1CCN(C(c2ccccc2)c2ccccc2)CC1. The molecule has 2 aliphatic heterocycles. The first-order valence-corrected chi connectivity index (χ1v) is 10.3. The maximum absolute atomic E-state index is 11.8. The molecule has 0 radical (unpaired) electrons. The minimum Gasteiger partial charge on any atom is -0.320 e. The van der Waals surface area contributed by atoms with Crippen LogP contribution in [0, 0.1) is 0 Å². The summed E-state index contributed by atoms with van der Waals surface area (Å²) in [7, 11) is 0. The molecule has 0 atom stereocenters. The molecule has 2 aromatic carbocycles. The van der Waals surface area contributed by atoms with Crippen molar-refractivity contribution in [1.29, 1.82) is 0 Å². The van der Waals surface area contributed by atoms with Crippen LogP contribution in [0.3, 0.4) is 0 Å². The van der Waals surface area contributed by atoms with Gasteiger partial charge in [0.15, 0.2) is 0 Å². The zero-order valence-corrected chi connectivity index (χ0v) is 15.8. The van der Waals surface area contributed by atoms with Gasteiger partial charge >= 0.3 is 0 Å². The molecule has 0 spiro atoms. The van der Waals surface area contributed by atoms with E-state index in [4.69, 9.17) is 0 Å². The standard InChI is InChI=1S/C21H25N3OS/c25-21-24(15-16-26-21)17-22-11-13-23(14-12-22)20(18-7-3-1-4-8-18)19-9-5-2-6-10-19/h1-10,20H,11-17H2. The highest BCUT2D eigenvalue weighted by molar-refractivity contribution is 8.13. The van der Waals surface area contributed by atoms with Gasteiger partial charge in [0.25, 0.3) is 5.24 Å². The van der Waals surface area contributed by atoms with Crippen LogP contribution in [0.5, 0.6) is 0 Å². The molecule has 0 bridgehead atoms. The van der Waals surface area contributed by atoms with E-state index < -0.39 is 0 Å². The molecule has 26 heavy (non-hydrogen) atoms. The zero-order chi connectivity index (χ0) is 17.8. The number of nitrogens with zero attached hydrogens (tertiary/aromatic N) is 3. The number of hydrogen-bond donors (Lipinski definition) is 0. The van der Waals surface area contributed by atoms with Crippen LogP contribution in [-0.2, 0) is 0 Å². The third-order valence-corrected chi connectivity index (χ3v) is 6.11. The number of carbonyl (C=O) groups is 1. The predicted molar refractivity (Wildman–Crippen MR) is 107 cm³/mol. The lowest BCUT2D eigenvalue weighted by molar-refractivity contribution is 0.0789. The smallest absolute Gasteiger partial charge is 0.282 e. The molecular weight excluding hydrogens is 342 g/mol. The van der Waals surface area contributed by atoms with Gasteiger partial charge in [-0.2, -0.15) is 0 Å². The third kappa shape index (κ3) is 3.95. The second-order valence-electron chi connectivity index (χ2n) is 6.90. The highest BCUT2D eigenvalue weighted by atomic mass is 32.2. The number of amides is 1. The van der Waals surface area contributed by atoms with Gasteiger partial charge in [-0.25, -0.2) is 0 Å². The molecule has 2 aromatic rings. The molecule has 2 heterocycles. The lowest BCUT2D eigenvalue weighted by atomic mass is 9.96. The van der Waals surface area contributed by atoms with Crippen molar-refractivity contribution in [3.05, 3.63) is 71.8 Å². The van der Waals surface area contributed by atoms with Gasteiger partial charge in [0, 0.05) is 38.5 Å². The second-order valence-corrected chi connectivity index (χ2v) is 7.94. The van der Waals surface area contributed by atoms with E-state index >= 15 is 0 Å². The summed E-state index contributed by atoms with van der Waals surface area (Å²) in [5.41, 5.74) is 2.69. The van der Waals surface area contributed by atoms with Crippen molar-refractivity contribution in [3.63, 3.8) is 0 Å². The lowest BCUT2D eigenvalue weighted by Gasteiger charge is -2.40. The maximum atomic E-state index is 11.8. The molecule has 0 unspecified atom stereocenters. The third-order valence-electron chi connectivity index (χ3n) is 5.22. The van der Waals surface area contributed by atoms with Gasteiger partial charge in [0.2, 0.25) is 0 Å². The van der Waals surface area contributed by atoms with Gasteiger partial charge < -0.3 is 4.90 Å². The normalized spacial score (nSPS) is 19.4. The van der Waals surface area contributed by atoms with E-state index in [1.165, 1.54) is 22.9 Å². The fraction of sp³-hybridized carbons (Fsp3) is 0.381. The second kappa shape index (κ2) is 8.25. The van der Waals surface area contributed by atoms with Crippen molar-refractivity contribution in [2.45, 2.75) is 6.04 Å². The molecule has 0 aromatic heterocycles. The summed E-state index contributed by atoms with van der Waals surface area (Å²) in [6, 6.07) is 21.8. The Bertz CT molecular complexity index is 677. The Morgan fingerprint density at radius 2 is 1.38 bits per heavy atom. The topological polar surface area (TPSA) is 26.8 Å². The van der Waals surface area contributed by atoms with Gasteiger partial charge in [0.05, 0.1) is 12.7 Å². The molecule has 136 valence electrons. The van der Waals surface area contributed by atoms with Gasteiger partial charge in [-0.05, 0) is 11.1 Å². The Hall–Kier alpha value is -1.82. The number of thioether (sulfide) groups is 1. The fourth-order valence-electron chi connectivity index (χ4n) is 3.84.